The van der Waals surface area contributed by atoms with Crippen LogP contribution in [0.2, 0.25) is 0 Å². The van der Waals surface area contributed by atoms with Crippen LogP contribution in [0.3, 0.4) is 0 Å². The first-order valence-electron chi connectivity index (χ1n) is 10.3. The molecule has 1 amide bonds. The van der Waals surface area contributed by atoms with Crippen molar-refractivity contribution in [1.82, 2.24) is 15.2 Å². The summed E-state index contributed by atoms with van der Waals surface area (Å²) in [5.41, 5.74) is 2.97. The summed E-state index contributed by atoms with van der Waals surface area (Å²) in [6, 6.07) is 15.9. The highest BCUT2D eigenvalue weighted by Gasteiger charge is 2.32. The molecule has 0 bridgehead atoms. The number of nitrogens with one attached hydrogen (secondary N) is 1. The van der Waals surface area contributed by atoms with E-state index in [0.29, 0.717) is 23.1 Å². The molecule has 0 radical (unpaired) electrons. The standard InChI is InChI=1S/C24H24FN3O/c25-19-7-5-16(6-8-19)23-13-21(20-3-1-2-4-22(20)27-23)24(29)28-11-9-17-14-26-15-18(17)10-12-28/h1-8,13,17-18,26H,9-12,14-15H2/t17-,18+. The maximum absolute atomic E-state index is 13.5. The quantitative estimate of drug-likeness (QED) is 0.717. The Hall–Kier alpha value is -2.79. The van der Waals surface area contributed by atoms with E-state index in [1.807, 2.05) is 35.2 Å². The molecule has 0 saturated carbocycles. The van der Waals surface area contributed by atoms with Crippen molar-refractivity contribution in [1.29, 1.82) is 0 Å². The lowest BCUT2D eigenvalue weighted by Gasteiger charge is -2.22. The molecule has 2 aliphatic heterocycles. The Balaban J connectivity index is 1.52. The van der Waals surface area contributed by atoms with E-state index in [1.54, 1.807) is 12.1 Å². The molecule has 1 N–H and O–H groups in total. The zero-order valence-corrected chi connectivity index (χ0v) is 16.3. The number of hydrogen-bond acceptors (Lipinski definition) is 3. The van der Waals surface area contributed by atoms with E-state index in [2.05, 4.69) is 5.32 Å². The highest BCUT2D eigenvalue weighted by atomic mass is 19.1. The Bertz CT molecular complexity index is 1040. The van der Waals surface area contributed by atoms with Gasteiger partial charge in [-0.15, -0.1) is 0 Å². The molecule has 29 heavy (non-hydrogen) atoms. The molecule has 2 fully saturated rings. The minimum atomic E-state index is -0.282. The van der Waals surface area contributed by atoms with Gasteiger partial charge in [-0.25, -0.2) is 9.37 Å². The maximum atomic E-state index is 13.5. The van der Waals surface area contributed by atoms with Crippen LogP contribution in [0.1, 0.15) is 23.2 Å². The van der Waals surface area contributed by atoms with Crippen LogP contribution in [0.4, 0.5) is 4.39 Å². The molecule has 4 nitrogen and oxygen atoms in total. The van der Waals surface area contributed by atoms with E-state index >= 15 is 0 Å². The van der Waals surface area contributed by atoms with Crippen LogP contribution in [0.15, 0.2) is 54.6 Å². The topological polar surface area (TPSA) is 45.2 Å². The summed E-state index contributed by atoms with van der Waals surface area (Å²) < 4.78 is 13.4. The van der Waals surface area contributed by atoms with Gasteiger partial charge >= 0.3 is 0 Å². The normalized spacial score (nSPS) is 21.8. The van der Waals surface area contributed by atoms with E-state index in [0.717, 1.165) is 55.5 Å². The zero-order chi connectivity index (χ0) is 19.8. The molecule has 0 spiro atoms. The van der Waals surface area contributed by atoms with E-state index < -0.39 is 0 Å². The molecular weight excluding hydrogens is 365 g/mol. The molecular formula is C24H24FN3O. The number of aromatic nitrogens is 1. The molecule has 5 heteroatoms. The van der Waals surface area contributed by atoms with Crippen molar-refractivity contribution in [2.75, 3.05) is 26.2 Å². The molecule has 3 aromatic rings. The molecule has 5 rings (SSSR count). The summed E-state index contributed by atoms with van der Waals surface area (Å²) in [6.07, 6.45) is 2.11. The summed E-state index contributed by atoms with van der Waals surface area (Å²) in [6.45, 7) is 3.73. The van der Waals surface area contributed by atoms with E-state index in [-0.39, 0.29) is 11.7 Å². The van der Waals surface area contributed by atoms with Crippen LogP contribution in [-0.4, -0.2) is 42.0 Å². The van der Waals surface area contributed by atoms with E-state index in [1.165, 1.54) is 12.1 Å². The predicted octanol–water partition coefficient (Wildman–Crippen LogP) is 4.11. The van der Waals surface area contributed by atoms with Gasteiger partial charge in [-0.3, -0.25) is 4.79 Å². The third-order valence-corrected chi connectivity index (χ3v) is 6.39. The molecule has 3 heterocycles. The summed E-state index contributed by atoms with van der Waals surface area (Å²) in [5.74, 6) is 1.14. The molecule has 2 aliphatic rings. The highest BCUT2D eigenvalue weighted by Crippen LogP contribution is 2.30. The number of rotatable bonds is 2. The molecule has 1 aromatic heterocycles. The summed E-state index contributed by atoms with van der Waals surface area (Å²) >= 11 is 0. The Morgan fingerprint density at radius 1 is 1.00 bits per heavy atom. The van der Waals surface area contributed by atoms with Gasteiger partial charge in [-0.1, -0.05) is 18.2 Å². The number of carbonyl (C=O) groups is 1. The summed E-state index contributed by atoms with van der Waals surface area (Å²) in [7, 11) is 0. The molecule has 2 aromatic carbocycles. The van der Waals surface area contributed by atoms with Crippen molar-refractivity contribution < 1.29 is 9.18 Å². The van der Waals surface area contributed by atoms with Crippen LogP contribution >= 0.6 is 0 Å². The van der Waals surface area contributed by atoms with Crippen LogP contribution in [0.5, 0.6) is 0 Å². The smallest absolute Gasteiger partial charge is 0.254 e. The van der Waals surface area contributed by atoms with Gasteiger partial charge in [0.25, 0.3) is 5.91 Å². The number of likely N-dealkylation sites (tertiary alicyclic amines) is 1. The third-order valence-electron chi connectivity index (χ3n) is 6.39. The molecule has 2 saturated heterocycles. The Labute approximate surface area is 169 Å². The van der Waals surface area contributed by atoms with Gasteiger partial charge in [0, 0.05) is 24.0 Å². The summed E-state index contributed by atoms with van der Waals surface area (Å²) in [5, 5.41) is 4.35. The minimum absolute atomic E-state index is 0.0693. The first-order valence-corrected chi connectivity index (χ1v) is 10.3. The molecule has 0 unspecified atom stereocenters. The largest absolute Gasteiger partial charge is 0.339 e. The molecule has 148 valence electrons. The van der Waals surface area contributed by atoms with Crippen molar-refractivity contribution in [3.05, 3.63) is 66.0 Å². The maximum Gasteiger partial charge on any atom is 0.254 e. The monoisotopic (exact) mass is 389 g/mol. The third kappa shape index (κ3) is 3.51. The average Bonchev–Trinajstić information content (AvgIpc) is 3.11. The number of para-hydroxylation sites is 1. The number of hydrogen-bond donors (Lipinski definition) is 1. The second-order valence-electron chi connectivity index (χ2n) is 8.13. The van der Waals surface area contributed by atoms with Crippen LogP contribution < -0.4 is 5.32 Å². The number of halogens is 1. The van der Waals surface area contributed by atoms with Crippen molar-refractivity contribution in [3.63, 3.8) is 0 Å². The Morgan fingerprint density at radius 2 is 1.69 bits per heavy atom. The fourth-order valence-electron chi connectivity index (χ4n) is 4.71. The molecule has 0 aliphatic carbocycles. The van der Waals surface area contributed by atoms with Crippen molar-refractivity contribution in [2.24, 2.45) is 11.8 Å². The van der Waals surface area contributed by atoms with Gasteiger partial charge in [-0.2, -0.15) is 0 Å². The van der Waals surface area contributed by atoms with Gasteiger partial charge in [0.1, 0.15) is 5.82 Å². The predicted molar refractivity (Wildman–Crippen MR) is 112 cm³/mol. The zero-order valence-electron chi connectivity index (χ0n) is 16.3. The number of nitrogens with zero attached hydrogens (tertiary/aromatic N) is 2. The summed E-state index contributed by atoms with van der Waals surface area (Å²) in [4.78, 5) is 20.3. The van der Waals surface area contributed by atoms with Gasteiger partial charge in [-0.05, 0) is 74.2 Å². The van der Waals surface area contributed by atoms with Crippen LogP contribution in [0, 0.1) is 17.7 Å². The van der Waals surface area contributed by atoms with Crippen molar-refractivity contribution >= 4 is 16.8 Å². The number of fused-ring (bicyclic) bond motifs is 2. The fraction of sp³-hybridized carbons (Fsp3) is 0.333. The number of benzene rings is 2. The first kappa shape index (κ1) is 18.3. The Kier molecular flexibility index (Phi) is 4.76. The minimum Gasteiger partial charge on any atom is -0.339 e. The van der Waals surface area contributed by atoms with Gasteiger partial charge in [0.15, 0.2) is 0 Å². The first-order chi connectivity index (χ1) is 14.2. The van der Waals surface area contributed by atoms with Crippen LogP contribution in [-0.2, 0) is 0 Å². The van der Waals surface area contributed by atoms with Gasteiger partial charge in [0.05, 0.1) is 16.8 Å². The van der Waals surface area contributed by atoms with Crippen molar-refractivity contribution in [2.45, 2.75) is 12.8 Å². The van der Waals surface area contributed by atoms with Gasteiger partial charge in [0.2, 0.25) is 0 Å². The average molecular weight is 389 g/mol. The number of amides is 1. The number of pyridine rings is 1. The SMILES string of the molecule is O=C(c1cc(-c2ccc(F)cc2)nc2ccccc12)N1CC[C@@H]2CNC[C@@H]2CC1. The lowest BCUT2D eigenvalue weighted by molar-refractivity contribution is 0.0760. The lowest BCUT2D eigenvalue weighted by atomic mass is 9.92. The van der Waals surface area contributed by atoms with E-state index in [9.17, 15) is 9.18 Å². The number of carbonyl (C=O) groups excluding carboxylic acids is 1. The van der Waals surface area contributed by atoms with Gasteiger partial charge < -0.3 is 10.2 Å². The van der Waals surface area contributed by atoms with E-state index in [4.69, 9.17) is 4.98 Å². The Morgan fingerprint density at radius 3 is 2.41 bits per heavy atom. The lowest BCUT2D eigenvalue weighted by Crippen LogP contribution is -2.33. The highest BCUT2D eigenvalue weighted by molar-refractivity contribution is 6.07. The second-order valence-corrected chi connectivity index (χ2v) is 8.13. The van der Waals surface area contributed by atoms with Crippen molar-refractivity contribution in [3.8, 4) is 11.3 Å². The second kappa shape index (κ2) is 7.56. The molecule has 2 atom stereocenters. The fourth-order valence-corrected chi connectivity index (χ4v) is 4.71. The van der Waals surface area contributed by atoms with Crippen LogP contribution in [0.25, 0.3) is 22.2 Å².